The van der Waals surface area contributed by atoms with E-state index in [4.69, 9.17) is 9.47 Å². The molecule has 0 radical (unpaired) electrons. The highest BCUT2D eigenvalue weighted by atomic mass is 16.7. The number of rotatable bonds is 9. The van der Waals surface area contributed by atoms with Gasteiger partial charge in [-0.3, -0.25) is 24.2 Å². The molecule has 3 fully saturated rings. The maximum atomic E-state index is 13.9. The minimum absolute atomic E-state index is 0.0243. The van der Waals surface area contributed by atoms with E-state index in [2.05, 4.69) is 10.2 Å². The average molecular weight is 756 g/mol. The molecule has 2 N–H and O–H groups in total. The van der Waals surface area contributed by atoms with Crippen molar-refractivity contribution >= 4 is 17.7 Å². The normalized spacial score (nSPS) is 25.5. The van der Waals surface area contributed by atoms with Crippen molar-refractivity contribution in [2.24, 2.45) is 5.92 Å². The molecule has 4 aromatic carbocycles. The van der Waals surface area contributed by atoms with Gasteiger partial charge in [0.15, 0.2) is 6.29 Å². The number of fused-ring (bicyclic) bond motifs is 2. The minimum atomic E-state index is -0.646. The molecule has 1 aliphatic carbocycles. The molecule has 4 aliphatic rings. The van der Waals surface area contributed by atoms with E-state index in [0.29, 0.717) is 36.1 Å². The second-order valence-electron chi connectivity index (χ2n) is 17.0. The van der Waals surface area contributed by atoms with Gasteiger partial charge in [-0.2, -0.15) is 0 Å². The number of carbonyl (C=O) groups excluding carboxylic acids is 3. The highest BCUT2D eigenvalue weighted by Crippen LogP contribution is 2.42. The number of carbonyl (C=O) groups is 3. The van der Waals surface area contributed by atoms with E-state index in [-0.39, 0.29) is 54.7 Å². The fraction of sp³-hybridized carbons (Fsp3) is 0.426. The lowest BCUT2D eigenvalue weighted by atomic mass is 9.75. The molecule has 0 spiro atoms. The van der Waals surface area contributed by atoms with Crippen molar-refractivity contribution in [3.63, 3.8) is 0 Å². The van der Waals surface area contributed by atoms with E-state index in [1.54, 1.807) is 24.3 Å². The molecular formula is C47H53N3O6. The first-order valence-electron chi connectivity index (χ1n) is 20.3. The van der Waals surface area contributed by atoms with Gasteiger partial charge in [0, 0.05) is 30.1 Å². The third kappa shape index (κ3) is 7.96. The molecule has 9 heteroatoms. The van der Waals surface area contributed by atoms with Crippen LogP contribution >= 0.6 is 0 Å². The Bertz CT molecular complexity index is 2020. The summed E-state index contributed by atoms with van der Waals surface area (Å²) in [6.07, 6.45) is 6.20. The Kier molecular flexibility index (Phi) is 11.0. The lowest BCUT2D eigenvalue weighted by Gasteiger charge is -2.50. The van der Waals surface area contributed by atoms with Gasteiger partial charge in [0.2, 0.25) is 5.91 Å². The first-order valence-corrected chi connectivity index (χ1v) is 20.3. The van der Waals surface area contributed by atoms with Crippen molar-refractivity contribution in [3.8, 4) is 11.1 Å². The van der Waals surface area contributed by atoms with Crippen molar-refractivity contribution in [2.75, 3.05) is 6.54 Å². The van der Waals surface area contributed by atoms with Crippen molar-refractivity contribution in [2.45, 2.75) is 115 Å². The van der Waals surface area contributed by atoms with Crippen molar-refractivity contribution in [1.29, 1.82) is 0 Å². The smallest absolute Gasteiger partial charge is 0.261 e. The van der Waals surface area contributed by atoms with Gasteiger partial charge in [0.1, 0.15) is 0 Å². The third-order valence-electron chi connectivity index (χ3n) is 12.1. The largest absolute Gasteiger partial charge is 0.392 e. The fourth-order valence-corrected chi connectivity index (χ4v) is 9.31. The SMILES string of the molecule is CC(C)(C)NC(=O)C1CCC2CCCCC2N1CC1CC(c2ccc(CO)cc2)OC(c2ccc(-c3ccccc3CN3C(=O)c4ccccc4C3=O)cc2)O1. The number of aliphatic hydroxyl groups excluding tert-OH is 1. The Hall–Kier alpha value is -4.67. The summed E-state index contributed by atoms with van der Waals surface area (Å²) < 4.78 is 13.6. The molecule has 0 aromatic heterocycles. The topological polar surface area (TPSA) is 108 Å². The Morgan fingerprint density at radius 1 is 0.768 bits per heavy atom. The summed E-state index contributed by atoms with van der Waals surface area (Å²) in [6.45, 7) is 6.91. The zero-order chi connectivity index (χ0) is 39.0. The Labute approximate surface area is 330 Å². The predicted molar refractivity (Wildman–Crippen MR) is 214 cm³/mol. The lowest BCUT2D eigenvalue weighted by molar-refractivity contribution is -0.255. The van der Waals surface area contributed by atoms with Gasteiger partial charge in [0.05, 0.1) is 42.5 Å². The number of benzene rings is 4. The quantitative estimate of drug-likeness (QED) is 0.166. The highest BCUT2D eigenvalue weighted by Gasteiger charge is 2.44. The number of amides is 3. The van der Waals surface area contributed by atoms with Crippen molar-refractivity contribution in [1.82, 2.24) is 15.1 Å². The van der Waals surface area contributed by atoms with Crippen LogP contribution in [0.15, 0.2) is 97.1 Å². The van der Waals surface area contributed by atoms with Crippen molar-refractivity contribution < 1.29 is 29.0 Å². The van der Waals surface area contributed by atoms with Crippen molar-refractivity contribution in [3.05, 3.63) is 130 Å². The van der Waals surface area contributed by atoms with E-state index in [1.165, 1.54) is 24.2 Å². The van der Waals surface area contributed by atoms with Crippen LogP contribution in [0.25, 0.3) is 11.1 Å². The van der Waals surface area contributed by atoms with Crippen LogP contribution in [0, 0.1) is 5.92 Å². The summed E-state index contributed by atoms with van der Waals surface area (Å²) in [5.41, 5.74) is 6.07. The molecule has 292 valence electrons. The summed E-state index contributed by atoms with van der Waals surface area (Å²) in [5, 5.41) is 13.0. The number of hydrogen-bond donors (Lipinski definition) is 2. The molecule has 56 heavy (non-hydrogen) atoms. The van der Waals surface area contributed by atoms with Crippen LogP contribution in [0.4, 0.5) is 0 Å². The van der Waals surface area contributed by atoms with Crippen LogP contribution in [0.3, 0.4) is 0 Å². The molecule has 6 atom stereocenters. The molecule has 2 saturated heterocycles. The fourth-order valence-electron chi connectivity index (χ4n) is 9.31. The highest BCUT2D eigenvalue weighted by molar-refractivity contribution is 6.21. The molecule has 3 heterocycles. The second-order valence-corrected chi connectivity index (χ2v) is 17.0. The molecule has 3 amide bonds. The first kappa shape index (κ1) is 38.2. The number of nitrogens with one attached hydrogen (secondary N) is 1. The predicted octanol–water partition coefficient (Wildman–Crippen LogP) is 8.13. The molecule has 1 saturated carbocycles. The molecular weight excluding hydrogens is 703 g/mol. The van der Waals surface area contributed by atoms with Crippen LogP contribution in [-0.4, -0.2) is 62.9 Å². The molecule has 8 rings (SSSR count). The standard InChI is InChI=1S/C47H53N3O6/c1-47(2,3)48-43(52)41-25-24-32-10-5-9-15-40(32)49(41)28-36-26-42(33-18-16-30(29-51)17-19-33)56-46(55-36)34-22-20-31(21-23-34)37-12-6-4-11-35(37)27-50-44(53)38-13-7-8-14-39(38)45(50)54/h4,6-8,11-14,16-23,32,36,40-42,46,51H,5,9-10,15,24-29H2,1-3H3,(H,48,52). The zero-order valence-electron chi connectivity index (χ0n) is 32.7. The van der Waals surface area contributed by atoms with Crippen LogP contribution in [0.5, 0.6) is 0 Å². The number of imide groups is 1. The summed E-state index contributed by atoms with van der Waals surface area (Å²) in [5.74, 6) is 0.136. The van der Waals surface area contributed by atoms with Gasteiger partial charge in [0.25, 0.3) is 11.8 Å². The summed E-state index contributed by atoms with van der Waals surface area (Å²) >= 11 is 0. The summed E-state index contributed by atoms with van der Waals surface area (Å²) in [4.78, 5) is 44.1. The molecule has 0 bridgehead atoms. The van der Waals surface area contributed by atoms with E-state index < -0.39 is 6.29 Å². The van der Waals surface area contributed by atoms with Gasteiger partial charge < -0.3 is 19.9 Å². The number of hydrogen-bond acceptors (Lipinski definition) is 7. The number of ether oxygens (including phenoxy) is 2. The molecule has 4 aromatic rings. The summed E-state index contributed by atoms with van der Waals surface area (Å²) in [7, 11) is 0. The van der Waals surface area contributed by atoms with Crippen LogP contribution in [0.1, 0.15) is 121 Å². The Morgan fingerprint density at radius 3 is 2.09 bits per heavy atom. The monoisotopic (exact) mass is 755 g/mol. The second kappa shape index (κ2) is 16.1. The maximum absolute atomic E-state index is 13.9. The van der Waals surface area contributed by atoms with E-state index in [1.807, 2.05) is 93.6 Å². The maximum Gasteiger partial charge on any atom is 0.261 e. The van der Waals surface area contributed by atoms with E-state index >= 15 is 0 Å². The number of nitrogens with zero attached hydrogens (tertiary/aromatic N) is 2. The number of piperidine rings is 1. The Morgan fingerprint density at radius 2 is 1.41 bits per heavy atom. The van der Waals surface area contributed by atoms with E-state index in [0.717, 1.165) is 52.6 Å². The Balaban J connectivity index is 1.06. The van der Waals surface area contributed by atoms with Crippen LogP contribution in [-0.2, 0) is 27.4 Å². The molecule has 6 unspecified atom stereocenters. The first-order chi connectivity index (χ1) is 27.1. The minimum Gasteiger partial charge on any atom is -0.392 e. The number of likely N-dealkylation sites (tertiary alicyclic amines) is 1. The molecule has 3 aliphatic heterocycles. The van der Waals surface area contributed by atoms with Crippen LogP contribution in [0.2, 0.25) is 0 Å². The lowest BCUT2D eigenvalue weighted by Crippen LogP contribution is -2.61. The molecule has 9 nitrogen and oxygen atoms in total. The van der Waals surface area contributed by atoms with E-state index in [9.17, 15) is 19.5 Å². The van der Waals surface area contributed by atoms with Gasteiger partial charge >= 0.3 is 0 Å². The third-order valence-corrected chi connectivity index (χ3v) is 12.1. The van der Waals surface area contributed by atoms with Gasteiger partial charge in [-0.25, -0.2) is 0 Å². The van der Waals surface area contributed by atoms with Gasteiger partial charge in [-0.1, -0.05) is 97.8 Å². The summed E-state index contributed by atoms with van der Waals surface area (Å²) in [6, 6.07) is 31.1. The average Bonchev–Trinajstić information content (AvgIpc) is 3.45. The van der Waals surface area contributed by atoms with Gasteiger partial charge in [-0.15, -0.1) is 0 Å². The number of aliphatic hydroxyl groups is 1. The van der Waals surface area contributed by atoms with Gasteiger partial charge in [-0.05, 0) is 92.3 Å². The zero-order valence-corrected chi connectivity index (χ0v) is 32.7. The van der Waals surface area contributed by atoms with Crippen LogP contribution < -0.4 is 5.32 Å².